The Morgan fingerprint density at radius 3 is 2.70 bits per heavy atom. The fourth-order valence-electron chi connectivity index (χ4n) is 1.55. The van der Waals surface area contributed by atoms with Crippen molar-refractivity contribution in [2.45, 2.75) is 32.4 Å². The van der Waals surface area contributed by atoms with Crippen LogP contribution in [-0.2, 0) is 0 Å². The second kappa shape index (κ2) is 8.14. The van der Waals surface area contributed by atoms with E-state index in [9.17, 15) is 13.2 Å². The molecule has 0 amide bonds. The lowest BCUT2D eigenvalue weighted by molar-refractivity contribution is -0.132. The Labute approximate surface area is 121 Å². The molecule has 0 aromatic carbocycles. The van der Waals surface area contributed by atoms with Crippen molar-refractivity contribution < 1.29 is 13.2 Å². The number of thiophene rings is 1. The first-order valence-electron chi connectivity index (χ1n) is 6.54. The molecule has 0 saturated carbocycles. The fraction of sp³-hybridized carbons (Fsp3) is 0.615. The highest BCUT2D eigenvalue weighted by Gasteiger charge is 2.26. The summed E-state index contributed by atoms with van der Waals surface area (Å²) in [6, 6.07) is 4.02. The molecule has 1 aromatic rings. The van der Waals surface area contributed by atoms with Crippen molar-refractivity contribution in [3.8, 4) is 0 Å². The molecule has 0 fully saturated rings. The minimum absolute atomic E-state index is 0.164. The molecule has 0 aliphatic heterocycles. The third-order valence-electron chi connectivity index (χ3n) is 2.60. The molecule has 0 aliphatic carbocycles. The van der Waals surface area contributed by atoms with Crippen LogP contribution in [0.25, 0.3) is 0 Å². The van der Waals surface area contributed by atoms with E-state index in [0.29, 0.717) is 19.0 Å². The van der Waals surface area contributed by atoms with Crippen LogP contribution in [0.15, 0.2) is 22.5 Å². The van der Waals surface area contributed by atoms with E-state index in [-0.39, 0.29) is 12.5 Å². The smallest absolute Gasteiger partial charge is 0.357 e. The summed E-state index contributed by atoms with van der Waals surface area (Å²) in [7, 11) is 0. The zero-order valence-electron chi connectivity index (χ0n) is 11.6. The van der Waals surface area contributed by atoms with Crippen LogP contribution in [0.4, 0.5) is 13.2 Å². The Morgan fingerprint density at radius 1 is 1.40 bits per heavy atom. The van der Waals surface area contributed by atoms with E-state index < -0.39 is 12.6 Å². The summed E-state index contributed by atoms with van der Waals surface area (Å²) in [5.74, 6) is 0.688. The fourth-order valence-corrected chi connectivity index (χ4v) is 2.33. The maximum absolute atomic E-state index is 12.1. The largest absolute Gasteiger partial charge is 0.390 e. The predicted molar refractivity (Wildman–Crippen MR) is 77.4 cm³/mol. The first-order chi connectivity index (χ1) is 9.42. The molecule has 0 saturated heterocycles. The molecule has 0 bridgehead atoms. The van der Waals surface area contributed by atoms with Gasteiger partial charge in [0.15, 0.2) is 5.96 Å². The molecule has 0 aliphatic rings. The van der Waals surface area contributed by atoms with Gasteiger partial charge in [-0.25, -0.2) is 0 Å². The van der Waals surface area contributed by atoms with E-state index in [1.807, 2.05) is 24.4 Å². The number of guanidine groups is 1. The van der Waals surface area contributed by atoms with Crippen LogP contribution in [0.1, 0.15) is 31.1 Å². The summed E-state index contributed by atoms with van der Waals surface area (Å²) in [4.78, 5) is 5.54. The summed E-state index contributed by atoms with van der Waals surface area (Å²) in [5, 5.41) is 7.65. The van der Waals surface area contributed by atoms with Crippen LogP contribution in [0.5, 0.6) is 0 Å². The number of alkyl halides is 3. The SMILES string of the molecule is CCNC(=NCC(C)c1cccs1)NCCC(F)(F)F. The van der Waals surface area contributed by atoms with Crippen molar-refractivity contribution in [3.63, 3.8) is 0 Å². The number of rotatable bonds is 6. The quantitative estimate of drug-likeness (QED) is 0.624. The Morgan fingerprint density at radius 2 is 2.15 bits per heavy atom. The highest BCUT2D eigenvalue weighted by Crippen LogP contribution is 2.20. The molecule has 114 valence electrons. The van der Waals surface area contributed by atoms with E-state index in [1.165, 1.54) is 4.88 Å². The van der Waals surface area contributed by atoms with Crippen molar-refractivity contribution in [2.24, 2.45) is 4.99 Å². The average Bonchev–Trinajstić information content (AvgIpc) is 2.88. The van der Waals surface area contributed by atoms with Crippen LogP contribution in [0, 0.1) is 0 Å². The minimum Gasteiger partial charge on any atom is -0.357 e. The summed E-state index contributed by atoms with van der Waals surface area (Å²) in [5.41, 5.74) is 0. The molecule has 1 atom stereocenters. The molecule has 2 N–H and O–H groups in total. The summed E-state index contributed by atoms with van der Waals surface area (Å²) < 4.78 is 36.3. The lowest BCUT2D eigenvalue weighted by atomic mass is 10.1. The number of hydrogen-bond acceptors (Lipinski definition) is 2. The second-order valence-electron chi connectivity index (χ2n) is 4.43. The lowest BCUT2D eigenvalue weighted by Gasteiger charge is -2.13. The van der Waals surface area contributed by atoms with Crippen LogP contribution >= 0.6 is 11.3 Å². The molecular weight excluding hydrogens is 287 g/mol. The molecule has 1 rings (SSSR count). The van der Waals surface area contributed by atoms with Gasteiger partial charge in [0.2, 0.25) is 0 Å². The number of aliphatic imine (C=N–C) groups is 1. The van der Waals surface area contributed by atoms with E-state index in [2.05, 4.69) is 22.5 Å². The van der Waals surface area contributed by atoms with Crippen molar-refractivity contribution in [3.05, 3.63) is 22.4 Å². The van der Waals surface area contributed by atoms with Crippen LogP contribution < -0.4 is 10.6 Å². The van der Waals surface area contributed by atoms with Crippen LogP contribution in [0.3, 0.4) is 0 Å². The van der Waals surface area contributed by atoms with Gasteiger partial charge in [-0.1, -0.05) is 13.0 Å². The van der Waals surface area contributed by atoms with Gasteiger partial charge in [0.25, 0.3) is 0 Å². The van der Waals surface area contributed by atoms with Crippen molar-refractivity contribution in [1.29, 1.82) is 0 Å². The normalized spacial score (nSPS) is 14.2. The Balaban J connectivity index is 2.45. The molecule has 1 heterocycles. The molecule has 1 aromatic heterocycles. The maximum atomic E-state index is 12.1. The summed E-state index contributed by atoms with van der Waals surface area (Å²) in [6.07, 6.45) is -5.01. The molecule has 0 radical (unpaired) electrons. The Kier molecular flexibility index (Phi) is 6.84. The van der Waals surface area contributed by atoms with Crippen molar-refractivity contribution in [1.82, 2.24) is 10.6 Å². The molecular formula is C13H20F3N3S. The topological polar surface area (TPSA) is 36.4 Å². The zero-order valence-corrected chi connectivity index (χ0v) is 12.4. The third kappa shape index (κ3) is 6.79. The van der Waals surface area contributed by atoms with Gasteiger partial charge < -0.3 is 10.6 Å². The summed E-state index contributed by atoms with van der Waals surface area (Å²) >= 11 is 1.66. The predicted octanol–water partition coefficient (Wildman–Crippen LogP) is 3.36. The number of nitrogens with one attached hydrogen (secondary N) is 2. The van der Waals surface area contributed by atoms with Gasteiger partial charge in [-0.2, -0.15) is 13.2 Å². The number of hydrogen-bond donors (Lipinski definition) is 2. The van der Waals surface area contributed by atoms with Crippen molar-refractivity contribution >= 4 is 17.3 Å². The monoisotopic (exact) mass is 307 g/mol. The lowest BCUT2D eigenvalue weighted by Crippen LogP contribution is -2.39. The maximum Gasteiger partial charge on any atom is 0.390 e. The number of halogens is 3. The van der Waals surface area contributed by atoms with E-state index in [4.69, 9.17) is 0 Å². The Hall–Kier alpha value is -1.24. The molecule has 7 heteroatoms. The van der Waals surface area contributed by atoms with Gasteiger partial charge in [0.05, 0.1) is 13.0 Å². The molecule has 20 heavy (non-hydrogen) atoms. The van der Waals surface area contributed by atoms with E-state index >= 15 is 0 Å². The zero-order chi connectivity index (χ0) is 15.0. The van der Waals surface area contributed by atoms with Crippen molar-refractivity contribution in [2.75, 3.05) is 19.6 Å². The molecule has 3 nitrogen and oxygen atoms in total. The highest BCUT2D eigenvalue weighted by molar-refractivity contribution is 7.10. The van der Waals surface area contributed by atoms with Gasteiger partial charge in [-0.15, -0.1) is 11.3 Å². The molecule has 0 spiro atoms. The van der Waals surface area contributed by atoms with Gasteiger partial charge in [0, 0.05) is 23.9 Å². The number of nitrogens with zero attached hydrogens (tertiary/aromatic N) is 1. The van der Waals surface area contributed by atoms with Gasteiger partial charge >= 0.3 is 6.18 Å². The van der Waals surface area contributed by atoms with E-state index in [1.54, 1.807) is 11.3 Å². The first-order valence-corrected chi connectivity index (χ1v) is 7.42. The standard InChI is InChI=1S/C13H20F3N3S/c1-3-17-12(18-7-6-13(14,15)16)19-9-10(2)11-5-4-8-20-11/h4-5,8,10H,3,6-7,9H2,1-2H3,(H2,17,18,19). The van der Waals surface area contributed by atoms with Gasteiger partial charge in [-0.05, 0) is 18.4 Å². The average molecular weight is 307 g/mol. The van der Waals surface area contributed by atoms with Gasteiger partial charge in [-0.3, -0.25) is 4.99 Å². The third-order valence-corrected chi connectivity index (χ3v) is 3.70. The second-order valence-corrected chi connectivity index (χ2v) is 5.41. The minimum atomic E-state index is -4.14. The van der Waals surface area contributed by atoms with Crippen LogP contribution in [0.2, 0.25) is 0 Å². The van der Waals surface area contributed by atoms with Crippen LogP contribution in [-0.4, -0.2) is 31.8 Å². The summed E-state index contributed by atoms with van der Waals surface area (Å²) in [6.45, 7) is 4.92. The first kappa shape index (κ1) is 16.8. The van der Waals surface area contributed by atoms with Gasteiger partial charge in [0.1, 0.15) is 0 Å². The highest BCUT2D eigenvalue weighted by atomic mass is 32.1. The van der Waals surface area contributed by atoms with E-state index in [0.717, 1.165) is 0 Å². The molecule has 1 unspecified atom stereocenters. The Bertz CT molecular complexity index is 401.